The molecular formula is C19H18N4O. The maximum Gasteiger partial charge on any atom is 0.256 e. The number of nitrogens with zero attached hydrogens (tertiary/aromatic N) is 2. The molecule has 3 aromatic rings. The van der Waals surface area contributed by atoms with Crippen LogP contribution in [0.4, 0.5) is 11.6 Å². The van der Waals surface area contributed by atoms with E-state index in [0.717, 1.165) is 0 Å². The van der Waals surface area contributed by atoms with Crippen molar-refractivity contribution in [2.45, 2.75) is 13.5 Å². The molecule has 0 spiro atoms. The summed E-state index contributed by atoms with van der Waals surface area (Å²) in [5.41, 5.74) is 2.98. The molecule has 2 aromatic carbocycles. The van der Waals surface area contributed by atoms with Crippen molar-refractivity contribution < 1.29 is 4.79 Å². The quantitative estimate of drug-likeness (QED) is 0.753. The lowest BCUT2D eigenvalue weighted by atomic mass is 10.1. The number of aromatic nitrogens is 2. The fourth-order valence-corrected chi connectivity index (χ4v) is 2.29. The van der Waals surface area contributed by atoms with Gasteiger partial charge in [0.2, 0.25) is 0 Å². The second-order valence-electron chi connectivity index (χ2n) is 5.47. The molecule has 24 heavy (non-hydrogen) atoms. The molecule has 5 heteroatoms. The van der Waals surface area contributed by atoms with E-state index in [2.05, 4.69) is 46.0 Å². The van der Waals surface area contributed by atoms with Crippen molar-refractivity contribution in [1.29, 1.82) is 0 Å². The van der Waals surface area contributed by atoms with Gasteiger partial charge in [0.25, 0.3) is 5.91 Å². The average molecular weight is 318 g/mol. The van der Waals surface area contributed by atoms with Gasteiger partial charge in [-0.05, 0) is 36.8 Å². The van der Waals surface area contributed by atoms with Crippen LogP contribution in [0.2, 0.25) is 0 Å². The monoisotopic (exact) mass is 318 g/mol. The molecule has 5 nitrogen and oxygen atoms in total. The average Bonchev–Trinajstić information content (AvgIpc) is 2.62. The number of amides is 1. The molecule has 1 aromatic heterocycles. The summed E-state index contributed by atoms with van der Waals surface area (Å²) in [6, 6.07) is 20.8. The predicted octanol–water partition coefficient (Wildman–Crippen LogP) is 3.65. The Kier molecular flexibility index (Phi) is 4.81. The first-order chi connectivity index (χ1) is 11.7. The molecule has 3 rings (SSSR count). The molecule has 0 aliphatic heterocycles. The molecule has 0 aliphatic rings. The van der Waals surface area contributed by atoms with Crippen molar-refractivity contribution in [3.63, 3.8) is 0 Å². The Hall–Kier alpha value is -3.21. The Bertz CT molecular complexity index is 816. The van der Waals surface area contributed by atoms with Crippen molar-refractivity contribution in [1.82, 2.24) is 10.2 Å². The van der Waals surface area contributed by atoms with Crippen molar-refractivity contribution in [3.8, 4) is 0 Å². The van der Waals surface area contributed by atoms with Gasteiger partial charge in [-0.2, -0.15) is 0 Å². The summed E-state index contributed by atoms with van der Waals surface area (Å²) in [5.74, 6) is 0.879. The van der Waals surface area contributed by atoms with E-state index in [1.807, 2.05) is 24.3 Å². The Morgan fingerprint density at radius 3 is 2.38 bits per heavy atom. The van der Waals surface area contributed by atoms with Crippen molar-refractivity contribution >= 4 is 17.5 Å². The van der Waals surface area contributed by atoms with E-state index >= 15 is 0 Å². The minimum absolute atomic E-state index is 0.203. The molecule has 0 unspecified atom stereocenters. The highest BCUT2D eigenvalue weighted by Gasteiger charge is 2.06. The third-order valence-corrected chi connectivity index (χ3v) is 3.50. The van der Waals surface area contributed by atoms with Crippen LogP contribution >= 0.6 is 0 Å². The molecule has 0 atom stereocenters. The summed E-state index contributed by atoms with van der Waals surface area (Å²) in [7, 11) is 0. The van der Waals surface area contributed by atoms with Crippen molar-refractivity contribution in [3.05, 3.63) is 83.4 Å². The number of benzene rings is 2. The molecule has 1 heterocycles. The molecule has 120 valence electrons. The standard InChI is InChI=1S/C19H18N4O/c1-14-6-5-7-15(12-14)13-20-17-10-11-18(23-22-17)21-19(24)16-8-3-2-4-9-16/h2-12H,13H2,1H3,(H,20,22)(H,21,23,24). The smallest absolute Gasteiger partial charge is 0.256 e. The molecule has 1 amide bonds. The van der Waals surface area contributed by atoms with E-state index in [0.29, 0.717) is 23.7 Å². The van der Waals surface area contributed by atoms with Gasteiger partial charge in [0.1, 0.15) is 5.82 Å². The van der Waals surface area contributed by atoms with Crippen molar-refractivity contribution in [2.75, 3.05) is 10.6 Å². The van der Waals surface area contributed by atoms with Crippen LogP contribution in [-0.4, -0.2) is 16.1 Å². The van der Waals surface area contributed by atoms with E-state index in [-0.39, 0.29) is 5.91 Å². The summed E-state index contributed by atoms with van der Waals surface area (Å²) < 4.78 is 0. The molecule has 0 saturated heterocycles. The Morgan fingerprint density at radius 2 is 1.67 bits per heavy atom. The highest BCUT2D eigenvalue weighted by Crippen LogP contribution is 2.10. The number of rotatable bonds is 5. The third kappa shape index (κ3) is 4.16. The van der Waals surface area contributed by atoms with Crippen LogP contribution in [-0.2, 0) is 6.54 Å². The SMILES string of the molecule is Cc1cccc(CNc2ccc(NC(=O)c3ccccc3)nn2)c1. The second kappa shape index (κ2) is 7.37. The Morgan fingerprint density at radius 1 is 0.917 bits per heavy atom. The number of hydrogen-bond donors (Lipinski definition) is 2. The summed E-state index contributed by atoms with van der Waals surface area (Å²) in [6.07, 6.45) is 0. The summed E-state index contributed by atoms with van der Waals surface area (Å²) in [5, 5.41) is 14.1. The zero-order valence-electron chi connectivity index (χ0n) is 13.4. The first-order valence-electron chi connectivity index (χ1n) is 7.70. The number of carbonyl (C=O) groups excluding carboxylic acids is 1. The molecular weight excluding hydrogens is 300 g/mol. The topological polar surface area (TPSA) is 66.9 Å². The van der Waals surface area contributed by atoms with Crippen LogP contribution in [0.15, 0.2) is 66.7 Å². The summed E-state index contributed by atoms with van der Waals surface area (Å²) in [6.45, 7) is 2.74. The highest BCUT2D eigenvalue weighted by atomic mass is 16.1. The number of hydrogen-bond acceptors (Lipinski definition) is 4. The number of carbonyl (C=O) groups is 1. The normalized spacial score (nSPS) is 10.2. The van der Waals surface area contributed by atoms with Gasteiger partial charge in [0.15, 0.2) is 5.82 Å². The van der Waals surface area contributed by atoms with Crippen LogP contribution in [0.25, 0.3) is 0 Å². The number of anilines is 2. The van der Waals surface area contributed by atoms with Crippen LogP contribution in [0.1, 0.15) is 21.5 Å². The Labute approximate surface area is 140 Å². The van der Waals surface area contributed by atoms with Crippen LogP contribution in [0.5, 0.6) is 0 Å². The lowest BCUT2D eigenvalue weighted by Crippen LogP contribution is -2.13. The van der Waals surface area contributed by atoms with E-state index in [1.54, 1.807) is 24.3 Å². The maximum atomic E-state index is 12.0. The minimum atomic E-state index is -0.203. The molecule has 0 aliphatic carbocycles. The van der Waals surface area contributed by atoms with Gasteiger partial charge < -0.3 is 10.6 Å². The lowest BCUT2D eigenvalue weighted by Gasteiger charge is -2.07. The molecule has 0 radical (unpaired) electrons. The summed E-state index contributed by atoms with van der Waals surface area (Å²) >= 11 is 0. The zero-order valence-corrected chi connectivity index (χ0v) is 13.4. The fourth-order valence-electron chi connectivity index (χ4n) is 2.29. The fraction of sp³-hybridized carbons (Fsp3) is 0.105. The first-order valence-corrected chi connectivity index (χ1v) is 7.70. The van der Waals surface area contributed by atoms with Gasteiger partial charge in [-0.25, -0.2) is 0 Å². The van der Waals surface area contributed by atoms with Crippen LogP contribution < -0.4 is 10.6 Å². The maximum absolute atomic E-state index is 12.0. The van der Waals surface area contributed by atoms with Crippen LogP contribution in [0.3, 0.4) is 0 Å². The lowest BCUT2D eigenvalue weighted by molar-refractivity contribution is 0.102. The van der Waals surface area contributed by atoms with E-state index in [9.17, 15) is 4.79 Å². The van der Waals surface area contributed by atoms with Gasteiger partial charge in [0.05, 0.1) is 0 Å². The molecule has 0 bridgehead atoms. The summed E-state index contributed by atoms with van der Waals surface area (Å²) in [4.78, 5) is 12.0. The first kappa shape index (κ1) is 15.7. The highest BCUT2D eigenvalue weighted by molar-refractivity contribution is 6.03. The Balaban J connectivity index is 1.58. The third-order valence-electron chi connectivity index (χ3n) is 3.50. The van der Waals surface area contributed by atoms with Gasteiger partial charge in [0, 0.05) is 12.1 Å². The number of aryl methyl sites for hydroxylation is 1. The van der Waals surface area contributed by atoms with Gasteiger partial charge >= 0.3 is 0 Å². The number of nitrogens with one attached hydrogen (secondary N) is 2. The van der Waals surface area contributed by atoms with E-state index in [4.69, 9.17) is 0 Å². The van der Waals surface area contributed by atoms with Crippen LogP contribution in [0, 0.1) is 6.92 Å². The van der Waals surface area contributed by atoms with E-state index < -0.39 is 0 Å². The van der Waals surface area contributed by atoms with Gasteiger partial charge in [-0.1, -0.05) is 48.0 Å². The van der Waals surface area contributed by atoms with Crippen molar-refractivity contribution in [2.24, 2.45) is 0 Å². The van der Waals surface area contributed by atoms with E-state index in [1.165, 1.54) is 11.1 Å². The minimum Gasteiger partial charge on any atom is -0.365 e. The molecule has 2 N–H and O–H groups in total. The largest absolute Gasteiger partial charge is 0.365 e. The predicted molar refractivity (Wildman–Crippen MR) is 94.9 cm³/mol. The second-order valence-corrected chi connectivity index (χ2v) is 5.47. The van der Waals surface area contributed by atoms with Gasteiger partial charge in [-0.3, -0.25) is 4.79 Å². The zero-order chi connectivity index (χ0) is 16.8. The van der Waals surface area contributed by atoms with Gasteiger partial charge in [-0.15, -0.1) is 10.2 Å². The molecule has 0 fully saturated rings. The molecule has 0 saturated carbocycles.